The van der Waals surface area contributed by atoms with Gasteiger partial charge in [-0.2, -0.15) is 0 Å². The van der Waals surface area contributed by atoms with E-state index in [1.54, 1.807) is 0 Å². The van der Waals surface area contributed by atoms with Crippen molar-refractivity contribution in [3.63, 3.8) is 0 Å². The maximum Gasteiger partial charge on any atom is 0.356 e. The second-order valence-electron chi connectivity index (χ2n) is 4.19. The van der Waals surface area contributed by atoms with Crippen LogP contribution in [-0.2, 0) is 0 Å². The van der Waals surface area contributed by atoms with E-state index in [1.165, 1.54) is 12.4 Å². The van der Waals surface area contributed by atoms with E-state index < -0.39 is 5.97 Å². The highest BCUT2D eigenvalue weighted by atomic mass is 16.4. The molecule has 1 saturated carbocycles. The van der Waals surface area contributed by atoms with Crippen LogP contribution in [0, 0.1) is 0 Å². The third kappa shape index (κ3) is 2.91. The Morgan fingerprint density at radius 2 is 2.06 bits per heavy atom. The van der Waals surface area contributed by atoms with Gasteiger partial charge in [0.15, 0.2) is 5.69 Å². The first-order chi connectivity index (χ1) is 8.16. The summed E-state index contributed by atoms with van der Waals surface area (Å²) in [5.74, 6) is -0.595. The Morgan fingerprint density at radius 1 is 1.29 bits per heavy atom. The Balaban J connectivity index is 2.00. The molecular weight excluding hydrogens is 222 g/mol. The van der Waals surface area contributed by atoms with Crippen molar-refractivity contribution in [1.29, 1.82) is 0 Å². The predicted molar refractivity (Wildman–Crippen MR) is 60.9 cm³/mol. The molecule has 0 aromatic carbocycles. The number of nitrogens with one attached hydrogen (secondary N) is 1. The summed E-state index contributed by atoms with van der Waals surface area (Å²) in [5.41, 5.74) is -0.0836. The summed E-state index contributed by atoms with van der Waals surface area (Å²) in [6.45, 7) is 0. The fourth-order valence-corrected chi connectivity index (χ4v) is 1.98. The van der Waals surface area contributed by atoms with Gasteiger partial charge in [-0.15, -0.1) is 0 Å². The number of nitrogens with zero attached hydrogens (tertiary/aromatic N) is 2. The molecule has 3 N–H and O–H groups in total. The van der Waals surface area contributed by atoms with E-state index >= 15 is 0 Å². The van der Waals surface area contributed by atoms with Crippen molar-refractivity contribution in [3.8, 4) is 0 Å². The quantitative estimate of drug-likeness (QED) is 0.722. The van der Waals surface area contributed by atoms with Gasteiger partial charge in [-0.3, -0.25) is 0 Å². The number of carboxylic acid groups (broad SMARTS) is 1. The van der Waals surface area contributed by atoms with Crippen LogP contribution in [0.15, 0.2) is 12.4 Å². The highest BCUT2D eigenvalue weighted by Gasteiger charge is 2.23. The zero-order chi connectivity index (χ0) is 12.3. The van der Waals surface area contributed by atoms with Crippen molar-refractivity contribution in [2.24, 2.45) is 0 Å². The van der Waals surface area contributed by atoms with Crippen LogP contribution in [0.4, 0.5) is 5.82 Å². The van der Waals surface area contributed by atoms with Gasteiger partial charge in [0.1, 0.15) is 5.82 Å². The molecule has 1 aromatic rings. The highest BCUT2D eigenvalue weighted by Crippen LogP contribution is 2.21. The summed E-state index contributed by atoms with van der Waals surface area (Å²) in [7, 11) is 0. The van der Waals surface area contributed by atoms with Gasteiger partial charge in [0.2, 0.25) is 0 Å². The van der Waals surface area contributed by atoms with Crippen LogP contribution in [0.25, 0.3) is 0 Å². The lowest BCUT2D eigenvalue weighted by Crippen LogP contribution is -2.36. The van der Waals surface area contributed by atoms with Crippen LogP contribution in [0.2, 0.25) is 0 Å². The van der Waals surface area contributed by atoms with Crippen molar-refractivity contribution < 1.29 is 15.0 Å². The molecule has 1 aliphatic carbocycles. The minimum absolute atomic E-state index is 0.0197. The van der Waals surface area contributed by atoms with E-state index in [-0.39, 0.29) is 17.8 Å². The number of aliphatic hydroxyl groups is 1. The van der Waals surface area contributed by atoms with Crippen molar-refractivity contribution in [2.45, 2.75) is 37.8 Å². The molecule has 0 spiro atoms. The first kappa shape index (κ1) is 11.8. The number of anilines is 1. The first-order valence-electron chi connectivity index (χ1n) is 5.67. The second kappa shape index (κ2) is 5.09. The van der Waals surface area contributed by atoms with Crippen LogP contribution in [0.3, 0.4) is 0 Å². The fraction of sp³-hybridized carbons (Fsp3) is 0.545. The number of hydrogen-bond acceptors (Lipinski definition) is 5. The Hall–Kier alpha value is -1.69. The summed E-state index contributed by atoms with van der Waals surface area (Å²) >= 11 is 0. The van der Waals surface area contributed by atoms with Gasteiger partial charge >= 0.3 is 5.97 Å². The Labute approximate surface area is 98.7 Å². The van der Waals surface area contributed by atoms with Crippen molar-refractivity contribution in [3.05, 3.63) is 18.1 Å². The third-order valence-corrected chi connectivity index (χ3v) is 2.93. The van der Waals surface area contributed by atoms with Gasteiger partial charge in [-0.1, -0.05) is 12.8 Å². The summed E-state index contributed by atoms with van der Waals surface area (Å²) in [5, 5.41) is 21.5. The molecule has 0 saturated heterocycles. The van der Waals surface area contributed by atoms with Crippen LogP contribution in [-0.4, -0.2) is 38.3 Å². The minimum Gasteiger partial charge on any atom is -0.476 e. The van der Waals surface area contributed by atoms with Crippen LogP contribution in [0.5, 0.6) is 0 Å². The summed E-state index contributed by atoms with van der Waals surface area (Å²) in [6.07, 6.45) is 6.02. The lowest BCUT2D eigenvalue weighted by Gasteiger charge is -2.28. The number of aromatic nitrogens is 2. The fourth-order valence-electron chi connectivity index (χ4n) is 1.98. The van der Waals surface area contributed by atoms with Gasteiger partial charge in [-0.25, -0.2) is 14.8 Å². The normalized spacial score (nSPS) is 24.3. The Bertz CT molecular complexity index is 393. The molecule has 0 amide bonds. The molecular formula is C11H15N3O3. The standard InChI is InChI=1S/C11H15N3O3/c15-9-4-2-1-3-7(9)14-10-6-12-8(5-13-10)11(16)17/h5-7,9,15H,1-4H2,(H,13,14)(H,16,17). The van der Waals surface area contributed by atoms with Gasteiger partial charge in [-0.05, 0) is 12.8 Å². The predicted octanol–water partition coefficient (Wildman–Crippen LogP) is 0.890. The largest absolute Gasteiger partial charge is 0.476 e. The summed E-state index contributed by atoms with van der Waals surface area (Å²) in [4.78, 5) is 18.3. The summed E-state index contributed by atoms with van der Waals surface area (Å²) < 4.78 is 0. The zero-order valence-electron chi connectivity index (χ0n) is 9.33. The zero-order valence-corrected chi connectivity index (χ0v) is 9.33. The van der Waals surface area contributed by atoms with Gasteiger partial charge in [0.05, 0.1) is 24.5 Å². The summed E-state index contributed by atoms with van der Waals surface area (Å²) in [6, 6.07) is -0.0197. The molecule has 17 heavy (non-hydrogen) atoms. The van der Waals surface area contributed by atoms with Gasteiger partial charge in [0.25, 0.3) is 0 Å². The first-order valence-corrected chi connectivity index (χ1v) is 5.67. The van der Waals surface area contributed by atoms with Crippen LogP contribution in [0.1, 0.15) is 36.2 Å². The van der Waals surface area contributed by atoms with E-state index in [4.69, 9.17) is 5.11 Å². The maximum absolute atomic E-state index is 10.6. The van der Waals surface area contributed by atoms with Crippen molar-refractivity contribution in [2.75, 3.05) is 5.32 Å². The Morgan fingerprint density at radius 3 is 2.65 bits per heavy atom. The van der Waals surface area contributed by atoms with E-state index in [1.807, 2.05) is 0 Å². The van der Waals surface area contributed by atoms with Crippen LogP contribution >= 0.6 is 0 Å². The molecule has 0 aliphatic heterocycles. The van der Waals surface area contributed by atoms with Crippen LogP contribution < -0.4 is 5.32 Å². The molecule has 1 fully saturated rings. The SMILES string of the molecule is O=C(O)c1cnc(NC2CCCCC2O)cn1. The van der Waals surface area contributed by atoms with Crippen molar-refractivity contribution >= 4 is 11.8 Å². The van der Waals surface area contributed by atoms with E-state index in [9.17, 15) is 9.90 Å². The van der Waals surface area contributed by atoms with E-state index in [0.29, 0.717) is 5.82 Å². The number of carboxylic acids is 1. The average molecular weight is 237 g/mol. The van der Waals surface area contributed by atoms with Gasteiger partial charge in [0, 0.05) is 0 Å². The number of aromatic carboxylic acids is 1. The Kier molecular flexibility index (Phi) is 3.53. The maximum atomic E-state index is 10.6. The molecule has 6 heteroatoms. The van der Waals surface area contributed by atoms with E-state index in [2.05, 4.69) is 15.3 Å². The smallest absolute Gasteiger partial charge is 0.356 e. The monoisotopic (exact) mass is 237 g/mol. The van der Waals surface area contributed by atoms with E-state index in [0.717, 1.165) is 25.7 Å². The number of rotatable bonds is 3. The second-order valence-corrected chi connectivity index (χ2v) is 4.19. The molecule has 92 valence electrons. The molecule has 2 rings (SSSR count). The topological polar surface area (TPSA) is 95.3 Å². The number of aliphatic hydroxyl groups excluding tert-OH is 1. The number of carbonyl (C=O) groups is 1. The molecule has 0 radical (unpaired) electrons. The lowest BCUT2D eigenvalue weighted by atomic mass is 9.93. The third-order valence-electron chi connectivity index (χ3n) is 2.93. The van der Waals surface area contributed by atoms with Crippen molar-refractivity contribution in [1.82, 2.24) is 9.97 Å². The molecule has 0 bridgehead atoms. The minimum atomic E-state index is -1.10. The number of hydrogen-bond donors (Lipinski definition) is 3. The average Bonchev–Trinajstić information content (AvgIpc) is 2.33. The van der Waals surface area contributed by atoms with Gasteiger partial charge < -0.3 is 15.5 Å². The highest BCUT2D eigenvalue weighted by molar-refractivity contribution is 5.84. The molecule has 1 heterocycles. The molecule has 1 aromatic heterocycles. The molecule has 6 nitrogen and oxygen atoms in total. The lowest BCUT2D eigenvalue weighted by molar-refractivity contribution is 0.0690. The molecule has 2 unspecified atom stereocenters. The molecule has 2 atom stereocenters. The molecule has 1 aliphatic rings.